The van der Waals surface area contributed by atoms with Gasteiger partial charge in [-0.2, -0.15) is 0 Å². The smallest absolute Gasteiger partial charge is 0.234 e. The molecule has 0 bridgehead atoms. The van der Waals surface area contributed by atoms with Crippen LogP contribution in [-0.2, 0) is 4.79 Å². The van der Waals surface area contributed by atoms with Crippen molar-refractivity contribution in [3.05, 3.63) is 40.7 Å². The summed E-state index contributed by atoms with van der Waals surface area (Å²) in [6, 6.07) is 6.86. The van der Waals surface area contributed by atoms with Crippen molar-refractivity contribution in [2.24, 2.45) is 0 Å². The Hall–Kier alpha value is -1.79. The molecule has 1 heterocycles. The largest absolute Gasteiger partial charge is 0.397 e. The standard InChI is InChI=1S/C14H15ClN4OS/c1-8-5-9(2)18-14(17-8)21-7-13(20)19-10-3-4-11(15)12(16)6-10/h3-6H,7,16H2,1-2H3,(H,19,20). The zero-order valence-corrected chi connectivity index (χ0v) is 13.3. The molecule has 0 spiro atoms. The second-order valence-electron chi connectivity index (χ2n) is 4.51. The van der Waals surface area contributed by atoms with Crippen molar-refractivity contribution in [2.45, 2.75) is 19.0 Å². The highest BCUT2D eigenvalue weighted by Gasteiger charge is 2.07. The maximum Gasteiger partial charge on any atom is 0.234 e. The minimum absolute atomic E-state index is 0.149. The fourth-order valence-corrected chi connectivity index (χ4v) is 2.57. The maximum absolute atomic E-state index is 11.9. The number of anilines is 2. The van der Waals surface area contributed by atoms with Crippen molar-refractivity contribution < 1.29 is 4.79 Å². The molecule has 0 radical (unpaired) electrons. The van der Waals surface area contributed by atoms with Gasteiger partial charge < -0.3 is 11.1 Å². The summed E-state index contributed by atoms with van der Waals surface area (Å²) < 4.78 is 0. The summed E-state index contributed by atoms with van der Waals surface area (Å²) in [5.41, 5.74) is 8.50. The van der Waals surface area contributed by atoms with Gasteiger partial charge in [0.1, 0.15) is 0 Å². The number of carbonyl (C=O) groups excluding carboxylic acids is 1. The van der Waals surface area contributed by atoms with Crippen LogP contribution in [0, 0.1) is 13.8 Å². The average Bonchev–Trinajstić information content (AvgIpc) is 2.40. The van der Waals surface area contributed by atoms with Crippen LogP contribution in [-0.4, -0.2) is 21.6 Å². The number of aryl methyl sites for hydroxylation is 2. The molecule has 0 aliphatic heterocycles. The van der Waals surface area contributed by atoms with E-state index >= 15 is 0 Å². The summed E-state index contributed by atoms with van der Waals surface area (Å²) in [5.74, 6) is 0.0790. The van der Waals surface area contributed by atoms with E-state index in [1.807, 2.05) is 19.9 Å². The molecule has 2 aromatic rings. The summed E-state index contributed by atoms with van der Waals surface area (Å²) >= 11 is 7.12. The number of nitrogen functional groups attached to an aromatic ring is 1. The third kappa shape index (κ3) is 4.61. The van der Waals surface area contributed by atoms with Crippen molar-refractivity contribution >= 4 is 40.6 Å². The van der Waals surface area contributed by atoms with E-state index in [0.717, 1.165) is 11.4 Å². The van der Waals surface area contributed by atoms with Crippen LogP contribution in [0.4, 0.5) is 11.4 Å². The number of benzene rings is 1. The van der Waals surface area contributed by atoms with E-state index in [2.05, 4.69) is 15.3 Å². The van der Waals surface area contributed by atoms with Crippen molar-refractivity contribution in [3.63, 3.8) is 0 Å². The van der Waals surface area contributed by atoms with Crippen LogP contribution in [0.1, 0.15) is 11.4 Å². The Bertz CT molecular complexity index is 658. The zero-order valence-electron chi connectivity index (χ0n) is 11.7. The van der Waals surface area contributed by atoms with Crippen LogP contribution >= 0.6 is 23.4 Å². The molecule has 0 aliphatic carbocycles. The summed E-state index contributed by atoms with van der Waals surface area (Å²) in [6.45, 7) is 3.80. The molecule has 0 aliphatic rings. The number of halogens is 1. The summed E-state index contributed by atoms with van der Waals surface area (Å²) in [5, 5.41) is 3.81. The van der Waals surface area contributed by atoms with Crippen LogP contribution in [0.5, 0.6) is 0 Å². The molecule has 5 nitrogen and oxygen atoms in total. The molecule has 1 amide bonds. The van der Waals surface area contributed by atoms with Crippen molar-refractivity contribution in [1.29, 1.82) is 0 Å². The minimum atomic E-state index is -0.149. The Morgan fingerprint density at radius 1 is 1.29 bits per heavy atom. The van der Waals surface area contributed by atoms with E-state index in [0.29, 0.717) is 21.6 Å². The van der Waals surface area contributed by atoms with E-state index in [1.165, 1.54) is 11.8 Å². The molecular formula is C14H15ClN4OS. The molecule has 0 fully saturated rings. The van der Waals surface area contributed by atoms with E-state index in [4.69, 9.17) is 17.3 Å². The highest BCUT2D eigenvalue weighted by molar-refractivity contribution is 7.99. The highest BCUT2D eigenvalue weighted by Crippen LogP contribution is 2.22. The number of hydrogen-bond donors (Lipinski definition) is 2. The Labute approximate surface area is 132 Å². The predicted octanol–water partition coefficient (Wildman–Crippen LogP) is 3.06. The van der Waals surface area contributed by atoms with Gasteiger partial charge in [-0.3, -0.25) is 4.79 Å². The van der Waals surface area contributed by atoms with E-state index in [-0.39, 0.29) is 11.7 Å². The first kappa shape index (κ1) is 15.6. The highest BCUT2D eigenvalue weighted by atomic mass is 35.5. The molecule has 1 aromatic heterocycles. The Kier molecular flexibility index (Phi) is 5.03. The predicted molar refractivity (Wildman–Crippen MR) is 86.7 cm³/mol. The second kappa shape index (κ2) is 6.78. The summed E-state index contributed by atoms with van der Waals surface area (Å²) in [7, 11) is 0. The minimum Gasteiger partial charge on any atom is -0.397 e. The number of carbonyl (C=O) groups is 1. The third-order valence-corrected chi connectivity index (χ3v) is 3.77. The van der Waals surface area contributed by atoms with Gasteiger partial charge in [-0.1, -0.05) is 23.4 Å². The van der Waals surface area contributed by atoms with Gasteiger partial charge >= 0.3 is 0 Å². The monoisotopic (exact) mass is 322 g/mol. The van der Waals surface area contributed by atoms with Gasteiger partial charge in [0.05, 0.1) is 16.5 Å². The topological polar surface area (TPSA) is 80.9 Å². The molecule has 7 heteroatoms. The number of nitrogens with zero attached hydrogens (tertiary/aromatic N) is 2. The molecule has 0 unspecified atom stereocenters. The van der Waals surface area contributed by atoms with Gasteiger partial charge in [0.25, 0.3) is 0 Å². The lowest BCUT2D eigenvalue weighted by molar-refractivity contribution is -0.113. The molecule has 1 aromatic carbocycles. The fourth-order valence-electron chi connectivity index (χ4n) is 1.71. The molecule has 0 saturated heterocycles. The maximum atomic E-state index is 11.9. The first-order valence-corrected chi connectivity index (χ1v) is 7.60. The number of rotatable bonds is 4. The molecule has 21 heavy (non-hydrogen) atoms. The molecule has 110 valence electrons. The number of hydrogen-bond acceptors (Lipinski definition) is 5. The third-order valence-electron chi connectivity index (χ3n) is 2.57. The van der Waals surface area contributed by atoms with E-state index in [9.17, 15) is 4.79 Å². The summed E-state index contributed by atoms with van der Waals surface area (Å²) in [4.78, 5) is 20.4. The lowest BCUT2D eigenvalue weighted by Gasteiger charge is -2.07. The zero-order chi connectivity index (χ0) is 15.4. The normalized spacial score (nSPS) is 10.4. The molecule has 2 rings (SSSR count). The van der Waals surface area contributed by atoms with Crippen molar-refractivity contribution in [1.82, 2.24) is 9.97 Å². The van der Waals surface area contributed by atoms with Crippen LogP contribution in [0.15, 0.2) is 29.4 Å². The van der Waals surface area contributed by atoms with Gasteiger partial charge in [-0.15, -0.1) is 0 Å². The number of thioether (sulfide) groups is 1. The average molecular weight is 323 g/mol. The lowest BCUT2D eigenvalue weighted by Crippen LogP contribution is -2.14. The summed E-state index contributed by atoms with van der Waals surface area (Å²) in [6.07, 6.45) is 0. The van der Waals surface area contributed by atoms with Gasteiger partial charge in [0.2, 0.25) is 5.91 Å². The van der Waals surface area contributed by atoms with Crippen LogP contribution in [0.25, 0.3) is 0 Å². The number of amides is 1. The Morgan fingerprint density at radius 2 is 1.95 bits per heavy atom. The van der Waals surface area contributed by atoms with Crippen LogP contribution in [0.3, 0.4) is 0 Å². The number of aromatic nitrogens is 2. The molecular weight excluding hydrogens is 308 g/mol. The van der Waals surface area contributed by atoms with Crippen LogP contribution < -0.4 is 11.1 Å². The van der Waals surface area contributed by atoms with E-state index < -0.39 is 0 Å². The van der Waals surface area contributed by atoms with Gasteiger partial charge in [-0.05, 0) is 38.1 Å². The van der Waals surface area contributed by atoms with Gasteiger partial charge in [0, 0.05) is 17.1 Å². The van der Waals surface area contributed by atoms with Crippen molar-refractivity contribution in [3.8, 4) is 0 Å². The first-order valence-electron chi connectivity index (χ1n) is 6.24. The Morgan fingerprint density at radius 3 is 2.57 bits per heavy atom. The number of nitrogens with two attached hydrogens (primary N) is 1. The quantitative estimate of drug-likeness (QED) is 0.513. The first-order chi connectivity index (χ1) is 9.94. The Balaban J connectivity index is 1.94. The lowest BCUT2D eigenvalue weighted by atomic mass is 10.3. The second-order valence-corrected chi connectivity index (χ2v) is 5.86. The molecule has 0 atom stereocenters. The van der Waals surface area contributed by atoms with Gasteiger partial charge in [0.15, 0.2) is 5.16 Å². The molecule has 0 saturated carbocycles. The number of nitrogens with one attached hydrogen (secondary N) is 1. The van der Waals surface area contributed by atoms with Gasteiger partial charge in [-0.25, -0.2) is 9.97 Å². The van der Waals surface area contributed by atoms with Crippen LogP contribution in [0.2, 0.25) is 5.02 Å². The van der Waals surface area contributed by atoms with Crippen molar-refractivity contribution in [2.75, 3.05) is 16.8 Å². The molecule has 3 N–H and O–H groups in total. The SMILES string of the molecule is Cc1cc(C)nc(SCC(=O)Nc2ccc(Cl)c(N)c2)n1. The van der Waals surface area contributed by atoms with E-state index in [1.54, 1.807) is 18.2 Å². The fraction of sp³-hybridized carbons (Fsp3) is 0.214.